The monoisotopic (exact) mass is 410 g/mol. The van der Waals surface area contributed by atoms with Crippen LogP contribution in [-0.4, -0.2) is 23.3 Å². The Bertz CT molecular complexity index is 868. The van der Waals surface area contributed by atoms with E-state index in [-0.39, 0.29) is 31.3 Å². The van der Waals surface area contributed by atoms with Crippen LogP contribution in [0.4, 0.5) is 13.2 Å². The van der Waals surface area contributed by atoms with Crippen LogP contribution in [0.25, 0.3) is 0 Å². The number of nitrogens with one attached hydrogen (secondary N) is 1. The number of alkyl halides is 3. The number of hydrogen-bond donors (Lipinski definition) is 1. The first-order valence-corrected chi connectivity index (χ1v) is 9.07. The zero-order valence-corrected chi connectivity index (χ0v) is 15.6. The molecule has 1 saturated heterocycles. The van der Waals surface area contributed by atoms with Gasteiger partial charge < -0.3 is 10.2 Å². The molecule has 1 aliphatic rings. The third-order valence-corrected chi connectivity index (χ3v) is 5.02. The molecule has 28 heavy (non-hydrogen) atoms. The Labute approximate surface area is 165 Å². The van der Waals surface area contributed by atoms with Crippen molar-refractivity contribution in [3.63, 3.8) is 0 Å². The topological polar surface area (TPSA) is 49.4 Å². The van der Waals surface area contributed by atoms with Gasteiger partial charge in [-0.3, -0.25) is 9.59 Å². The summed E-state index contributed by atoms with van der Waals surface area (Å²) in [5.74, 6) is -0.922. The molecule has 8 heteroatoms. The fourth-order valence-electron chi connectivity index (χ4n) is 3.08. The van der Waals surface area contributed by atoms with Gasteiger partial charge in [-0.25, -0.2) is 0 Å². The van der Waals surface area contributed by atoms with Gasteiger partial charge in [-0.2, -0.15) is 13.2 Å². The molecule has 1 aliphatic heterocycles. The summed E-state index contributed by atoms with van der Waals surface area (Å²) in [6.45, 7) is 0.719. The van der Waals surface area contributed by atoms with Crippen molar-refractivity contribution >= 4 is 23.4 Å². The van der Waals surface area contributed by atoms with E-state index in [0.29, 0.717) is 17.1 Å². The summed E-state index contributed by atoms with van der Waals surface area (Å²) in [6, 6.07) is 11.8. The fraction of sp³-hybridized carbons (Fsp3) is 0.300. The summed E-state index contributed by atoms with van der Waals surface area (Å²) in [4.78, 5) is 26.2. The molecule has 2 aromatic rings. The summed E-state index contributed by atoms with van der Waals surface area (Å²) in [6.07, 6.45) is -4.29. The summed E-state index contributed by atoms with van der Waals surface area (Å²) >= 11 is 6.12. The SMILES string of the molecule is O=C(NCc1ccc(C(F)(F)F)cc1)C1CC(=O)N(Cc2ccccc2Cl)C1. The molecule has 0 saturated carbocycles. The van der Waals surface area contributed by atoms with Crippen LogP contribution >= 0.6 is 11.6 Å². The van der Waals surface area contributed by atoms with Gasteiger partial charge in [-0.15, -0.1) is 0 Å². The number of halogens is 4. The van der Waals surface area contributed by atoms with E-state index in [9.17, 15) is 22.8 Å². The van der Waals surface area contributed by atoms with Gasteiger partial charge in [0.05, 0.1) is 11.5 Å². The number of nitrogens with zero attached hydrogens (tertiary/aromatic N) is 1. The van der Waals surface area contributed by atoms with E-state index in [0.717, 1.165) is 17.7 Å². The van der Waals surface area contributed by atoms with E-state index in [2.05, 4.69) is 5.32 Å². The minimum atomic E-state index is -4.39. The van der Waals surface area contributed by atoms with Crippen molar-refractivity contribution in [3.8, 4) is 0 Å². The predicted octanol–water partition coefficient (Wildman–Crippen LogP) is 4.02. The lowest BCUT2D eigenvalue weighted by atomic mass is 10.1. The molecule has 1 N–H and O–H groups in total. The summed E-state index contributed by atoms with van der Waals surface area (Å²) < 4.78 is 37.7. The van der Waals surface area contributed by atoms with Crippen molar-refractivity contribution in [2.45, 2.75) is 25.7 Å². The van der Waals surface area contributed by atoms with Crippen molar-refractivity contribution in [3.05, 3.63) is 70.2 Å². The molecule has 1 unspecified atom stereocenters. The first-order valence-electron chi connectivity index (χ1n) is 8.69. The van der Waals surface area contributed by atoms with Crippen LogP contribution in [0.2, 0.25) is 5.02 Å². The average molecular weight is 411 g/mol. The van der Waals surface area contributed by atoms with Crippen molar-refractivity contribution in [1.29, 1.82) is 0 Å². The summed E-state index contributed by atoms with van der Waals surface area (Å²) in [7, 11) is 0. The molecule has 2 aromatic carbocycles. The number of carbonyl (C=O) groups is 2. The maximum Gasteiger partial charge on any atom is 0.416 e. The van der Waals surface area contributed by atoms with Gasteiger partial charge in [0.15, 0.2) is 0 Å². The van der Waals surface area contributed by atoms with E-state index in [4.69, 9.17) is 11.6 Å². The Morgan fingerprint density at radius 3 is 2.46 bits per heavy atom. The molecule has 0 aromatic heterocycles. The van der Waals surface area contributed by atoms with Gasteiger partial charge >= 0.3 is 6.18 Å². The number of rotatable bonds is 5. The van der Waals surface area contributed by atoms with Gasteiger partial charge in [0.2, 0.25) is 11.8 Å². The van der Waals surface area contributed by atoms with Crippen molar-refractivity contribution in [1.82, 2.24) is 10.2 Å². The second-order valence-electron chi connectivity index (χ2n) is 6.68. The molecule has 0 aliphatic carbocycles. The summed E-state index contributed by atoms with van der Waals surface area (Å²) in [5, 5.41) is 3.25. The second kappa shape index (κ2) is 8.22. The highest BCUT2D eigenvalue weighted by Gasteiger charge is 2.34. The third-order valence-electron chi connectivity index (χ3n) is 4.65. The molecular weight excluding hydrogens is 393 g/mol. The first-order chi connectivity index (χ1) is 13.2. The highest BCUT2D eigenvalue weighted by molar-refractivity contribution is 6.31. The molecule has 2 amide bonds. The molecule has 0 radical (unpaired) electrons. The second-order valence-corrected chi connectivity index (χ2v) is 7.09. The number of carbonyl (C=O) groups excluding carboxylic acids is 2. The van der Waals surface area contributed by atoms with Crippen molar-refractivity contribution in [2.75, 3.05) is 6.54 Å². The molecule has 148 valence electrons. The normalized spacial score (nSPS) is 17.1. The number of likely N-dealkylation sites (tertiary alicyclic amines) is 1. The molecule has 0 spiro atoms. The van der Waals surface area contributed by atoms with E-state index >= 15 is 0 Å². The lowest BCUT2D eigenvalue weighted by Gasteiger charge is -2.17. The lowest BCUT2D eigenvalue weighted by Crippen LogP contribution is -2.32. The van der Waals surface area contributed by atoms with Crippen LogP contribution in [0.15, 0.2) is 48.5 Å². The summed E-state index contributed by atoms with van der Waals surface area (Å²) in [5.41, 5.74) is 0.626. The van der Waals surface area contributed by atoms with Crippen LogP contribution in [0.5, 0.6) is 0 Å². The predicted molar refractivity (Wildman–Crippen MR) is 98.3 cm³/mol. The standard InChI is InChI=1S/C20H18ClF3N2O2/c21-17-4-2-1-3-14(17)11-26-12-15(9-18(26)27)19(28)25-10-13-5-7-16(8-6-13)20(22,23)24/h1-8,15H,9-12H2,(H,25,28). The number of benzene rings is 2. The number of hydrogen-bond acceptors (Lipinski definition) is 2. The highest BCUT2D eigenvalue weighted by atomic mass is 35.5. The molecule has 3 rings (SSSR count). The molecular formula is C20H18ClF3N2O2. The van der Waals surface area contributed by atoms with Gasteiger partial charge in [0.25, 0.3) is 0 Å². The van der Waals surface area contributed by atoms with E-state index in [1.54, 1.807) is 17.0 Å². The van der Waals surface area contributed by atoms with Crippen LogP contribution in [0.3, 0.4) is 0 Å². The largest absolute Gasteiger partial charge is 0.416 e. The molecule has 1 fully saturated rings. The Hall–Kier alpha value is -2.54. The van der Waals surface area contributed by atoms with Crippen molar-refractivity contribution in [2.24, 2.45) is 5.92 Å². The van der Waals surface area contributed by atoms with Gasteiger partial charge in [-0.05, 0) is 29.3 Å². The third kappa shape index (κ3) is 4.84. The van der Waals surface area contributed by atoms with Crippen LogP contribution in [0.1, 0.15) is 23.1 Å². The van der Waals surface area contributed by atoms with Gasteiger partial charge in [0, 0.05) is 31.1 Å². The lowest BCUT2D eigenvalue weighted by molar-refractivity contribution is -0.137. The Morgan fingerprint density at radius 2 is 1.82 bits per heavy atom. The quantitative estimate of drug-likeness (QED) is 0.809. The molecule has 1 heterocycles. The van der Waals surface area contributed by atoms with Crippen LogP contribution in [0, 0.1) is 5.92 Å². The van der Waals surface area contributed by atoms with Crippen molar-refractivity contribution < 1.29 is 22.8 Å². The van der Waals surface area contributed by atoms with E-state index < -0.39 is 17.7 Å². The van der Waals surface area contributed by atoms with Gasteiger partial charge in [-0.1, -0.05) is 41.9 Å². The van der Waals surface area contributed by atoms with E-state index in [1.165, 1.54) is 12.1 Å². The fourth-order valence-corrected chi connectivity index (χ4v) is 3.27. The Morgan fingerprint density at radius 1 is 1.14 bits per heavy atom. The zero-order chi connectivity index (χ0) is 20.3. The smallest absolute Gasteiger partial charge is 0.352 e. The Kier molecular flexibility index (Phi) is 5.93. The Balaban J connectivity index is 1.54. The van der Waals surface area contributed by atoms with Gasteiger partial charge in [0.1, 0.15) is 0 Å². The molecule has 0 bridgehead atoms. The van der Waals surface area contributed by atoms with E-state index in [1.807, 2.05) is 12.1 Å². The molecule has 4 nitrogen and oxygen atoms in total. The van der Waals surface area contributed by atoms with Crippen LogP contribution < -0.4 is 5.32 Å². The molecule has 1 atom stereocenters. The minimum absolute atomic E-state index is 0.100. The minimum Gasteiger partial charge on any atom is -0.352 e. The maximum absolute atomic E-state index is 12.6. The average Bonchev–Trinajstić information content (AvgIpc) is 3.02. The first kappa shape index (κ1) is 20.2. The maximum atomic E-state index is 12.6. The number of amides is 2. The highest BCUT2D eigenvalue weighted by Crippen LogP contribution is 2.29. The van der Waals surface area contributed by atoms with Crippen LogP contribution in [-0.2, 0) is 28.9 Å². The zero-order valence-electron chi connectivity index (χ0n) is 14.8.